The van der Waals surface area contributed by atoms with Crippen LogP contribution in [0.3, 0.4) is 0 Å². The van der Waals surface area contributed by atoms with Crippen molar-refractivity contribution in [2.45, 2.75) is 52.9 Å². The minimum absolute atomic E-state index is 0.318. The van der Waals surface area contributed by atoms with E-state index in [0.717, 1.165) is 35.0 Å². The summed E-state index contributed by atoms with van der Waals surface area (Å²) < 4.78 is 1.13. The predicted molar refractivity (Wildman–Crippen MR) is 109 cm³/mol. The van der Waals surface area contributed by atoms with Crippen molar-refractivity contribution in [2.75, 3.05) is 0 Å². The molecule has 0 amide bonds. The van der Waals surface area contributed by atoms with Crippen molar-refractivity contribution in [1.82, 2.24) is 0 Å². The average molecular weight is 405 g/mol. The molecule has 128 valence electrons. The van der Waals surface area contributed by atoms with Gasteiger partial charge in [0.05, 0.1) is 3.79 Å². The molecule has 1 heterocycles. The van der Waals surface area contributed by atoms with E-state index in [4.69, 9.17) is 0 Å². The minimum atomic E-state index is 0.318. The number of rotatable bonds is 8. The summed E-state index contributed by atoms with van der Waals surface area (Å²) in [5.74, 6) is 0.318. The van der Waals surface area contributed by atoms with Gasteiger partial charge < -0.3 is 0 Å². The van der Waals surface area contributed by atoms with E-state index in [-0.39, 0.29) is 0 Å². The Labute approximate surface area is 157 Å². The first-order chi connectivity index (χ1) is 11.6. The fourth-order valence-corrected chi connectivity index (χ4v) is 4.34. The van der Waals surface area contributed by atoms with Gasteiger partial charge in [-0.1, -0.05) is 50.1 Å². The van der Waals surface area contributed by atoms with Crippen LogP contribution in [0.1, 0.15) is 52.0 Å². The standard InChI is InChI=1S/C21H25BrOS/c1-4-8-17(15(3)5-2)19(23)12-11-16-9-6-7-10-18(16)20-13-14-21(22)24-20/h6-7,9-10,13-14H,4-5,8,11-12H2,1-3H3/b17-15+. The minimum Gasteiger partial charge on any atom is -0.295 e. The molecule has 1 nitrogen and oxygen atoms in total. The van der Waals surface area contributed by atoms with Crippen molar-refractivity contribution in [3.63, 3.8) is 0 Å². The Morgan fingerprint density at radius 2 is 1.83 bits per heavy atom. The van der Waals surface area contributed by atoms with E-state index in [1.807, 2.05) is 0 Å². The van der Waals surface area contributed by atoms with Gasteiger partial charge in [-0.2, -0.15) is 0 Å². The van der Waals surface area contributed by atoms with E-state index in [0.29, 0.717) is 12.2 Å². The number of carbonyl (C=O) groups is 1. The molecule has 0 bridgehead atoms. The highest BCUT2D eigenvalue weighted by molar-refractivity contribution is 9.11. The Bertz CT molecular complexity index is 727. The molecule has 0 atom stereocenters. The highest BCUT2D eigenvalue weighted by atomic mass is 79.9. The zero-order valence-electron chi connectivity index (χ0n) is 14.7. The molecule has 0 unspecified atom stereocenters. The molecule has 0 N–H and O–H groups in total. The van der Waals surface area contributed by atoms with Crippen LogP contribution in [-0.4, -0.2) is 5.78 Å². The Morgan fingerprint density at radius 1 is 1.08 bits per heavy atom. The average Bonchev–Trinajstić information content (AvgIpc) is 3.03. The molecule has 0 spiro atoms. The van der Waals surface area contributed by atoms with E-state index in [9.17, 15) is 4.79 Å². The first-order valence-electron chi connectivity index (χ1n) is 8.62. The smallest absolute Gasteiger partial charge is 0.159 e. The van der Waals surface area contributed by atoms with Crippen molar-refractivity contribution in [1.29, 1.82) is 0 Å². The molecule has 0 fully saturated rings. The number of hydrogen-bond donors (Lipinski definition) is 0. The number of halogens is 1. The summed E-state index contributed by atoms with van der Waals surface area (Å²) in [6.45, 7) is 6.36. The summed E-state index contributed by atoms with van der Waals surface area (Å²) in [7, 11) is 0. The molecule has 0 saturated heterocycles. The van der Waals surface area contributed by atoms with Crippen LogP contribution in [0.15, 0.2) is 51.3 Å². The zero-order chi connectivity index (χ0) is 17.5. The first-order valence-corrected chi connectivity index (χ1v) is 10.2. The second-order valence-corrected chi connectivity index (χ2v) is 8.51. The maximum Gasteiger partial charge on any atom is 0.159 e. The molecule has 0 saturated carbocycles. The monoisotopic (exact) mass is 404 g/mol. The van der Waals surface area contributed by atoms with Gasteiger partial charge in [0, 0.05) is 11.3 Å². The summed E-state index contributed by atoms with van der Waals surface area (Å²) in [5, 5.41) is 0. The number of thiophene rings is 1. The molecule has 0 aliphatic carbocycles. The number of benzene rings is 1. The van der Waals surface area contributed by atoms with Crippen molar-refractivity contribution in [3.05, 3.63) is 56.9 Å². The third-order valence-electron chi connectivity index (χ3n) is 4.36. The van der Waals surface area contributed by atoms with Crippen LogP contribution >= 0.6 is 27.3 Å². The summed E-state index contributed by atoms with van der Waals surface area (Å²) in [6, 6.07) is 12.6. The molecule has 0 aliphatic rings. The molecule has 24 heavy (non-hydrogen) atoms. The van der Waals surface area contributed by atoms with Crippen LogP contribution in [0.4, 0.5) is 0 Å². The number of aryl methyl sites for hydroxylation is 1. The molecule has 1 aromatic heterocycles. The Morgan fingerprint density at radius 3 is 2.46 bits per heavy atom. The van der Waals surface area contributed by atoms with Crippen molar-refractivity contribution >= 4 is 33.0 Å². The van der Waals surface area contributed by atoms with Crippen LogP contribution in [-0.2, 0) is 11.2 Å². The molecule has 2 aromatic rings. The van der Waals surface area contributed by atoms with E-state index >= 15 is 0 Å². The third-order valence-corrected chi connectivity index (χ3v) is 6.02. The number of hydrogen-bond acceptors (Lipinski definition) is 2. The van der Waals surface area contributed by atoms with Gasteiger partial charge in [0.15, 0.2) is 5.78 Å². The van der Waals surface area contributed by atoms with Gasteiger partial charge in [-0.15, -0.1) is 11.3 Å². The summed E-state index contributed by atoms with van der Waals surface area (Å²) in [6.07, 6.45) is 4.28. The fourth-order valence-electron chi connectivity index (χ4n) is 2.89. The molecule has 3 heteroatoms. The van der Waals surface area contributed by atoms with Gasteiger partial charge in [0.2, 0.25) is 0 Å². The normalized spacial score (nSPS) is 12.2. The molecule has 2 rings (SSSR count). The lowest BCUT2D eigenvalue weighted by atomic mass is 9.93. The van der Waals surface area contributed by atoms with Gasteiger partial charge in [0.1, 0.15) is 0 Å². The lowest BCUT2D eigenvalue weighted by molar-refractivity contribution is -0.115. The summed E-state index contributed by atoms with van der Waals surface area (Å²) in [5.41, 5.74) is 4.80. The predicted octanol–water partition coefficient (Wildman–Crippen LogP) is 7.21. The lowest BCUT2D eigenvalue weighted by Gasteiger charge is -2.11. The Balaban J connectivity index is 2.16. The van der Waals surface area contributed by atoms with Crippen LogP contribution in [0, 0.1) is 0 Å². The van der Waals surface area contributed by atoms with Crippen molar-refractivity contribution in [2.24, 2.45) is 0 Å². The topological polar surface area (TPSA) is 17.1 Å². The summed E-state index contributed by atoms with van der Waals surface area (Å²) in [4.78, 5) is 13.9. The number of carbonyl (C=O) groups excluding carboxylic acids is 1. The van der Waals surface area contributed by atoms with Gasteiger partial charge >= 0.3 is 0 Å². The largest absolute Gasteiger partial charge is 0.295 e. The highest BCUT2D eigenvalue weighted by Gasteiger charge is 2.13. The molecular formula is C21H25BrOS. The van der Waals surface area contributed by atoms with Gasteiger partial charge in [-0.3, -0.25) is 4.79 Å². The Kier molecular flexibility index (Phi) is 7.44. The van der Waals surface area contributed by atoms with Crippen LogP contribution in [0.25, 0.3) is 10.4 Å². The maximum absolute atomic E-state index is 12.7. The highest BCUT2D eigenvalue weighted by Crippen LogP contribution is 2.34. The number of Topliss-reactive ketones (excluding diaryl/α,β-unsaturated/α-hetero) is 1. The second kappa shape index (κ2) is 9.33. The van der Waals surface area contributed by atoms with E-state index in [1.54, 1.807) is 11.3 Å². The van der Waals surface area contributed by atoms with Gasteiger partial charge in [-0.25, -0.2) is 0 Å². The second-order valence-electron chi connectivity index (χ2n) is 6.05. The zero-order valence-corrected chi connectivity index (χ0v) is 17.1. The van der Waals surface area contributed by atoms with Crippen molar-refractivity contribution < 1.29 is 4.79 Å². The number of ketones is 1. The maximum atomic E-state index is 12.7. The van der Waals surface area contributed by atoms with Crippen LogP contribution < -0.4 is 0 Å². The van der Waals surface area contributed by atoms with Gasteiger partial charge in [0.25, 0.3) is 0 Å². The molecule has 0 aliphatic heterocycles. The lowest BCUT2D eigenvalue weighted by Crippen LogP contribution is -2.07. The molecule has 1 aromatic carbocycles. The number of allylic oxidation sites excluding steroid dienone is 2. The van der Waals surface area contributed by atoms with Gasteiger partial charge in [-0.05, 0) is 70.9 Å². The molecular weight excluding hydrogens is 380 g/mol. The third kappa shape index (κ3) is 4.90. The van der Waals surface area contributed by atoms with Crippen LogP contribution in [0.2, 0.25) is 0 Å². The van der Waals surface area contributed by atoms with E-state index in [1.165, 1.54) is 21.6 Å². The van der Waals surface area contributed by atoms with E-state index < -0.39 is 0 Å². The Hall–Kier alpha value is -1.19. The first kappa shape index (κ1) is 19.1. The van der Waals surface area contributed by atoms with E-state index in [2.05, 4.69) is 73.1 Å². The van der Waals surface area contributed by atoms with Crippen molar-refractivity contribution in [3.8, 4) is 10.4 Å². The fraction of sp³-hybridized carbons (Fsp3) is 0.381. The summed E-state index contributed by atoms with van der Waals surface area (Å²) >= 11 is 5.27. The quantitative estimate of drug-likeness (QED) is 0.424. The molecule has 0 radical (unpaired) electrons. The SMILES string of the molecule is CCC/C(C(=O)CCc1ccccc1-c1ccc(Br)s1)=C(/C)CC. The van der Waals surface area contributed by atoms with Crippen LogP contribution in [0.5, 0.6) is 0 Å².